The molecular weight excluding hydrogens is 314 g/mol. The van der Waals surface area contributed by atoms with Gasteiger partial charge < -0.3 is 10.4 Å². The Hall–Kier alpha value is -1.37. The second kappa shape index (κ2) is 5.73. The molecule has 100 valence electrons. The smallest absolute Gasteiger partial charge is 0.339 e. The molecule has 19 heavy (non-hydrogen) atoms. The van der Waals surface area contributed by atoms with Crippen LogP contribution in [-0.2, 0) is 6.54 Å². The number of hydrogen-bond acceptors (Lipinski definition) is 4. The van der Waals surface area contributed by atoms with Crippen molar-refractivity contribution in [2.75, 3.05) is 5.32 Å². The Balaban J connectivity index is 2.28. The molecule has 2 rings (SSSR count). The quantitative estimate of drug-likeness (QED) is 0.896. The van der Waals surface area contributed by atoms with E-state index in [1.54, 1.807) is 0 Å². The summed E-state index contributed by atoms with van der Waals surface area (Å²) in [5.74, 6) is -1.98. The van der Waals surface area contributed by atoms with Crippen molar-refractivity contribution in [3.05, 3.63) is 44.1 Å². The third-order valence-electron chi connectivity index (χ3n) is 2.28. The molecule has 0 spiro atoms. The molecule has 0 unspecified atom stereocenters. The predicted molar refractivity (Wildman–Crippen MR) is 72.8 cm³/mol. The Morgan fingerprint density at radius 3 is 2.79 bits per heavy atom. The predicted octanol–water partition coefficient (Wildman–Crippen LogP) is 3.90. The number of halogens is 3. The number of aromatic nitrogens is 1. The number of rotatable bonds is 4. The summed E-state index contributed by atoms with van der Waals surface area (Å²) in [6, 6.07) is 2.31. The van der Waals surface area contributed by atoms with Gasteiger partial charge in [-0.3, -0.25) is 0 Å². The van der Waals surface area contributed by atoms with Crippen LogP contribution in [0, 0.1) is 5.82 Å². The summed E-state index contributed by atoms with van der Waals surface area (Å²) < 4.78 is 14.0. The maximum atomic E-state index is 13.7. The van der Waals surface area contributed by atoms with E-state index in [0.717, 1.165) is 10.9 Å². The van der Waals surface area contributed by atoms with Gasteiger partial charge in [-0.1, -0.05) is 23.2 Å². The Morgan fingerprint density at radius 2 is 2.21 bits per heavy atom. The molecule has 2 N–H and O–H groups in total. The van der Waals surface area contributed by atoms with Gasteiger partial charge >= 0.3 is 5.97 Å². The largest absolute Gasteiger partial charge is 0.478 e. The normalized spacial score (nSPS) is 10.5. The maximum absolute atomic E-state index is 13.7. The molecule has 0 amide bonds. The van der Waals surface area contributed by atoms with E-state index in [1.807, 2.05) is 0 Å². The Kier molecular flexibility index (Phi) is 4.24. The third kappa shape index (κ3) is 3.15. The van der Waals surface area contributed by atoms with Crippen molar-refractivity contribution in [2.45, 2.75) is 6.54 Å². The molecule has 4 nitrogen and oxygen atoms in total. The lowest BCUT2D eigenvalue weighted by atomic mass is 10.1. The summed E-state index contributed by atoms with van der Waals surface area (Å²) >= 11 is 12.7. The molecular formula is C11H7Cl2FN2O2S. The Labute approximate surface area is 121 Å². The van der Waals surface area contributed by atoms with Gasteiger partial charge in [0.15, 0.2) is 4.47 Å². The summed E-state index contributed by atoms with van der Waals surface area (Å²) in [6.45, 7) is 0.210. The number of thiazole rings is 1. The van der Waals surface area contributed by atoms with E-state index in [4.69, 9.17) is 28.3 Å². The number of nitrogens with one attached hydrogen (secondary N) is 1. The van der Waals surface area contributed by atoms with Crippen LogP contribution in [0.25, 0.3) is 0 Å². The summed E-state index contributed by atoms with van der Waals surface area (Å²) in [5.41, 5.74) is -0.443. The molecule has 1 aromatic carbocycles. The number of carbonyl (C=O) groups is 1. The first-order chi connectivity index (χ1) is 8.99. The summed E-state index contributed by atoms with van der Waals surface area (Å²) in [6.07, 6.45) is 1.53. The molecule has 0 radical (unpaired) electrons. The zero-order valence-electron chi connectivity index (χ0n) is 9.28. The first-order valence-electron chi connectivity index (χ1n) is 5.04. The van der Waals surface area contributed by atoms with Crippen LogP contribution >= 0.6 is 34.5 Å². The fourth-order valence-corrected chi connectivity index (χ4v) is 2.63. The maximum Gasteiger partial charge on any atom is 0.339 e. The van der Waals surface area contributed by atoms with Crippen LogP contribution in [0.1, 0.15) is 15.2 Å². The van der Waals surface area contributed by atoms with Crippen molar-refractivity contribution >= 4 is 46.2 Å². The Morgan fingerprint density at radius 1 is 1.47 bits per heavy atom. The average Bonchev–Trinajstić information content (AvgIpc) is 2.75. The number of aromatic carboxylic acids is 1. The molecule has 8 heteroatoms. The van der Waals surface area contributed by atoms with Gasteiger partial charge in [0, 0.05) is 11.1 Å². The van der Waals surface area contributed by atoms with Crippen LogP contribution in [0.5, 0.6) is 0 Å². The van der Waals surface area contributed by atoms with Gasteiger partial charge in [-0.15, -0.1) is 11.3 Å². The molecule has 0 saturated carbocycles. The monoisotopic (exact) mass is 320 g/mol. The van der Waals surface area contributed by atoms with Crippen molar-refractivity contribution in [2.24, 2.45) is 0 Å². The van der Waals surface area contributed by atoms with E-state index in [2.05, 4.69) is 10.3 Å². The first-order valence-corrected chi connectivity index (χ1v) is 6.61. The van der Waals surface area contributed by atoms with Gasteiger partial charge in [0.2, 0.25) is 0 Å². The molecule has 0 aliphatic carbocycles. The molecule has 0 fully saturated rings. The molecule has 0 bridgehead atoms. The number of benzene rings is 1. The van der Waals surface area contributed by atoms with Gasteiger partial charge in [-0.2, -0.15) is 0 Å². The average molecular weight is 321 g/mol. The van der Waals surface area contributed by atoms with Crippen LogP contribution in [-0.4, -0.2) is 16.1 Å². The summed E-state index contributed by atoms with van der Waals surface area (Å²) in [4.78, 5) is 15.7. The number of hydrogen-bond donors (Lipinski definition) is 2. The third-order valence-corrected chi connectivity index (χ3v) is 3.71. The lowest BCUT2D eigenvalue weighted by Crippen LogP contribution is -2.08. The van der Waals surface area contributed by atoms with Gasteiger partial charge in [0.1, 0.15) is 11.4 Å². The van der Waals surface area contributed by atoms with Crippen molar-refractivity contribution < 1.29 is 14.3 Å². The minimum atomic E-state index is -1.30. The molecule has 0 atom stereocenters. The zero-order valence-corrected chi connectivity index (χ0v) is 11.6. The van der Waals surface area contributed by atoms with Crippen molar-refractivity contribution in [1.82, 2.24) is 4.98 Å². The van der Waals surface area contributed by atoms with Crippen LogP contribution in [0.3, 0.4) is 0 Å². The van der Waals surface area contributed by atoms with Gasteiger partial charge in [-0.05, 0) is 12.1 Å². The van der Waals surface area contributed by atoms with Crippen LogP contribution < -0.4 is 5.32 Å². The minimum Gasteiger partial charge on any atom is -0.478 e. The molecule has 2 aromatic rings. The zero-order chi connectivity index (χ0) is 14.0. The van der Waals surface area contributed by atoms with Crippen molar-refractivity contribution in [3.8, 4) is 0 Å². The van der Waals surface area contributed by atoms with E-state index < -0.39 is 11.8 Å². The Bertz CT molecular complexity index is 633. The van der Waals surface area contributed by atoms with Crippen LogP contribution in [0.2, 0.25) is 9.49 Å². The number of nitrogens with zero attached hydrogens (tertiary/aromatic N) is 1. The van der Waals surface area contributed by atoms with Crippen molar-refractivity contribution in [3.63, 3.8) is 0 Å². The topological polar surface area (TPSA) is 62.2 Å². The number of anilines is 1. The van der Waals surface area contributed by atoms with E-state index in [9.17, 15) is 9.18 Å². The lowest BCUT2D eigenvalue weighted by molar-refractivity contribution is 0.0697. The molecule has 1 aromatic heterocycles. The summed E-state index contributed by atoms with van der Waals surface area (Å²) in [5, 5.41) is 11.7. The molecule has 0 saturated heterocycles. The van der Waals surface area contributed by atoms with E-state index in [0.29, 0.717) is 4.47 Å². The van der Waals surface area contributed by atoms with Gasteiger partial charge in [0.25, 0.3) is 0 Å². The minimum absolute atomic E-state index is 0.0289. The van der Waals surface area contributed by atoms with E-state index >= 15 is 0 Å². The lowest BCUT2D eigenvalue weighted by Gasteiger charge is -2.10. The molecule has 0 aliphatic rings. The first kappa shape index (κ1) is 14.0. The highest BCUT2D eigenvalue weighted by molar-refractivity contribution is 7.15. The van der Waals surface area contributed by atoms with Crippen molar-refractivity contribution in [1.29, 1.82) is 0 Å². The highest BCUT2D eigenvalue weighted by atomic mass is 35.5. The van der Waals surface area contributed by atoms with Gasteiger partial charge in [-0.25, -0.2) is 14.2 Å². The molecule has 0 aliphatic heterocycles. The van der Waals surface area contributed by atoms with Crippen LogP contribution in [0.4, 0.5) is 10.1 Å². The second-order valence-electron chi connectivity index (χ2n) is 3.52. The fourth-order valence-electron chi connectivity index (χ4n) is 1.47. The van der Waals surface area contributed by atoms with Gasteiger partial charge in [0.05, 0.1) is 17.3 Å². The fraction of sp³-hybridized carbons (Fsp3) is 0.0909. The second-order valence-corrected chi connectivity index (χ2v) is 5.62. The standard InChI is InChI=1S/C11H7Cl2FN2O2S/c12-6-1-2-7(14)9(8(6)10(17)18)15-3-5-4-16-11(13)19-5/h1-2,4,15H,3H2,(H,17,18). The van der Waals surface area contributed by atoms with E-state index in [-0.39, 0.29) is 22.8 Å². The number of carboxylic acid groups (broad SMARTS) is 1. The van der Waals surface area contributed by atoms with E-state index in [1.165, 1.54) is 23.6 Å². The molecule has 1 heterocycles. The highest BCUT2D eigenvalue weighted by Gasteiger charge is 2.18. The highest BCUT2D eigenvalue weighted by Crippen LogP contribution is 2.28. The SMILES string of the molecule is O=C(O)c1c(Cl)ccc(F)c1NCc1cnc(Cl)s1. The number of carboxylic acids is 1. The van der Waals surface area contributed by atoms with Crippen LogP contribution in [0.15, 0.2) is 18.3 Å². The summed E-state index contributed by atoms with van der Waals surface area (Å²) in [7, 11) is 0.